The van der Waals surface area contributed by atoms with E-state index in [-0.39, 0.29) is 5.56 Å². The molecule has 2 aromatic carbocycles. The van der Waals surface area contributed by atoms with E-state index in [9.17, 15) is 30.3 Å². The fraction of sp³-hybridized carbons (Fsp3) is 0. The Morgan fingerprint density at radius 3 is 1.74 bits per heavy atom. The molecule has 0 unspecified atom stereocenters. The lowest BCUT2D eigenvalue weighted by molar-refractivity contribution is 0.0720. The van der Waals surface area contributed by atoms with Gasteiger partial charge in [-0.25, -0.2) is 4.79 Å². The summed E-state index contributed by atoms with van der Waals surface area (Å²) < 4.78 is 6.88. The van der Waals surface area contributed by atoms with Gasteiger partial charge in [-0.2, -0.15) is 0 Å². The third kappa shape index (κ3) is 3.33. The number of ether oxygens (including phenoxy) is 1. The van der Waals surface area contributed by atoms with Gasteiger partial charge >= 0.3 is 5.97 Å². The highest BCUT2D eigenvalue weighted by Gasteiger charge is 2.28. The quantitative estimate of drug-likeness (QED) is 0.0840. The second-order valence-corrected chi connectivity index (χ2v) is 7.58. The highest BCUT2D eigenvalue weighted by molar-refractivity contribution is 14.1. The molecule has 0 aliphatic carbocycles. The van der Waals surface area contributed by atoms with Gasteiger partial charge in [0.05, 0.1) is 5.56 Å². The van der Waals surface area contributed by atoms with Crippen molar-refractivity contribution in [3.63, 3.8) is 0 Å². The molecule has 0 atom stereocenters. The summed E-state index contributed by atoms with van der Waals surface area (Å²) in [6.45, 7) is 0. The van der Waals surface area contributed by atoms with E-state index in [1.54, 1.807) is 12.1 Å². The van der Waals surface area contributed by atoms with Crippen molar-refractivity contribution in [3.8, 4) is 34.5 Å². The van der Waals surface area contributed by atoms with Gasteiger partial charge in [-0.3, -0.25) is 0 Å². The fourth-order valence-electron chi connectivity index (χ4n) is 1.62. The van der Waals surface area contributed by atoms with Crippen molar-refractivity contribution in [1.29, 1.82) is 0 Å². The predicted octanol–water partition coefficient (Wildman–Crippen LogP) is 3.25. The van der Waals surface area contributed by atoms with Crippen molar-refractivity contribution in [2.45, 2.75) is 0 Å². The number of aromatic hydroxyl groups is 5. The van der Waals surface area contributed by atoms with Crippen LogP contribution in [-0.4, -0.2) is 31.5 Å². The third-order valence-electron chi connectivity index (χ3n) is 2.77. The Morgan fingerprint density at radius 1 is 0.783 bits per heavy atom. The Balaban J connectivity index is 2.53. The number of phenolic OH excluding ortho intramolecular Hbond substituents is 5. The average molecular weight is 656 g/mol. The fourth-order valence-corrected chi connectivity index (χ4v) is 3.94. The van der Waals surface area contributed by atoms with E-state index < -0.39 is 40.5 Å². The Labute approximate surface area is 170 Å². The van der Waals surface area contributed by atoms with Crippen LogP contribution in [0.4, 0.5) is 0 Å². The summed E-state index contributed by atoms with van der Waals surface area (Å²) in [6, 6.07) is 3.49. The SMILES string of the molecule is O=C(Oc1c(O)c(O)c(O)c(O)c1O)c1c(I)ccc(I)c1I. The van der Waals surface area contributed by atoms with Crippen LogP contribution in [0.1, 0.15) is 10.4 Å². The Bertz CT molecular complexity index is 791. The molecule has 122 valence electrons. The predicted molar refractivity (Wildman–Crippen MR) is 104 cm³/mol. The molecule has 0 heterocycles. The molecule has 0 aliphatic rings. The summed E-state index contributed by atoms with van der Waals surface area (Å²) in [6.07, 6.45) is 0. The zero-order chi connectivity index (χ0) is 17.5. The van der Waals surface area contributed by atoms with Crippen LogP contribution in [0.3, 0.4) is 0 Å². The van der Waals surface area contributed by atoms with Crippen molar-refractivity contribution in [2.75, 3.05) is 0 Å². The zero-order valence-corrected chi connectivity index (χ0v) is 17.3. The summed E-state index contributed by atoms with van der Waals surface area (Å²) in [7, 11) is 0. The van der Waals surface area contributed by atoms with E-state index in [0.29, 0.717) is 7.14 Å². The number of halogens is 3. The first kappa shape index (κ1) is 18.4. The Morgan fingerprint density at radius 2 is 1.22 bits per heavy atom. The Hall–Kier alpha value is -0.900. The van der Waals surface area contributed by atoms with E-state index in [4.69, 9.17) is 4.74 Å². The lowest BCUT2D eigenvalue weighted by Gasteiger charge is -2.13. The molecular weight excluding hydrogens is 649 g/mol. The molecular formula is C13H7I3O7. The summed E-state index contributed by atoms with van der Waals surface area (Å²) in [5.41, 5.74) is 0.198. The normalized spacial score (nSPS) is 10.6. The molecule has 23 heavy (non-hydrogen) atoms. The molecule has 0 fully saturated rings. The number of phenols is 5. The van der Waals surface area contributed by atoms with E-state index in [1.165, 1.54) is 0 Å². The average Bonchev–Trinajstić information content (AvgIpc) is 2.51. The van der Waals surface area contributed by atoms with Crippen LogP contribution in [0, 0.1) is 10.7 Å². The summed E-state index contributed by atoms with van der Waals surface area (Å²) in [5, 5.41) is 47.6. The van der Waals surface area contributed by atoms with Gasteiger partial charge in [-0.15, -0.1) is 0 Å². The molecule has 5 N–H and O–H groups in total. The maximum Gasteiger partial charge on any atom is 0.346 e. The number of hydrogen-bond donors (Lipinski definition) is 5. The highest BCUT2D eigenvalue weighted by Crippen LogP contribution is 2.55. The third-order valence-corrected chi connectivity index (χ3v) is 6.72. The molecule has 0 radical (unpaired) electrons. The summed E-state index contributed by atoms with van der Waals surface area (Å²) >= 11 is 5.90. The minimum Gasteiger partial charge on any atom is -0.502 e. The van der Waals surface area contributed by atoms with Gasteiger partial charge < -0.3 is 30.3 Å². The van der Waals surface area contributed by atoms with Gasteiger partial charge in [0.25, 0.3) is 0 Å². The minimum absolute atomic E-state index is 0.198. The molecule has 0 aliphatic heterocycles. The molecule has 0 bridgehead atoms. The number of hydrogen-bond acceptors (Lipinski definition) is 7. The molecule has 0 saturated heterocycles. The lowest BCUT2D eigenvalue weighted by Crippen LogP contribution is -2.13. The molecule has 10 heteroatoms. The van der Waals surface area contributed by atoms with Crippen LogP contribution >= 0.6 is 67.8 Å². The molecule has 2 aromatic rings. The minimum atomic E-state index is -1.13. The largest absolute Gasteiger partial charge is 0.502 e. The molecule has 2 rings (SSSR count). The van der Waals surface area contributed by atoms with Gasteiger partial charge in [0.2, 0.25) is 34.5 Å². The van der Waals surface area contributed by atoms with Gasteiger partial charge in [0, 0.05) is 10.7 Å². The first-order valence-corrected chi connectivity index (χ1v) is 8.94. The number of esters is 1. The van der Waals surface area contributed by atoms with Gasteiger partial charge in [-0.1, -0.05) is 0 Å². The number of benzene rings is 2. The van der Waals surface area contributed by atoms with Crippen LogP contribution in [-0.2, 0) is 0 Å². The van der Waals surface area contributed by atoms with Crippen molar-refractivity contribution in [3.05, 3.63) is 28.4 Å². The molecule has 0 spiro atoms. The van der Waals surface area contributed by atoms with Gasteiger partial charge in [0.1, 0.15) is 0 Å². The lowest BCUT2D eigenvalue weighted by atomic mass is 10.2. The molecule has 7 nitrogen and oxygen atoms in total. The van der Waals surface area contributed by atoms with Crippen molar-refractivity contribution in [1.82, 2.24) is 0 Å². The maximum atomic E-state index is 12.3. The summed E-state index contributed by atoms with van der Waals surface area (Å²) in [4.78, 5) is 12.3. The van der Waals surface area contributed by atoms with E-state index >= 15 is 0 Å². The topological polar surface area (TPSA) is 127 Å². The van der Waals surface area contributed by atoms with Crippen molar-refractivity contribution < 1.29 is 35.1 Å². The van der Waals surface area contributed by atoms with Crippen LogP contribution in [0.2, 0.25) is 0 Å². The van der Waals surface area contributed by atoms with E-state index in [1.807, 2.05) is 67.8 Å². The standard InChI is InChI=1S/C13H7I3O7/c14-3-1-2-4(15)6(16)5(3)13(22)23-12-10(20)8(18)7(17)9(19)11(12)21/h1-2,17-21H. The second-order valence-electron chi connectivity index (χ2n) is 4.18. The molecule has 0 aromatic heterocycles. The zero-order valence-electron chi connectivity index (χ0n) is 10.8. The second kappa shape index (κ2) is 6.92. The molecule has 0 saturated carbocycles. The number of rotatable bonds is 2. The summed E-state index contributed by atoms with van der Waals surface area (Å²) in [5.74, 6) is -7.26. The van der Waals surface area contributed by atoms with Crippen LogP contribution < -0.4 is 4.74 Å². The van der Waals surface area contributed by atoms with Crippen LogP contribution in [0.5, 0.6) is 34.5 Å². The highest BCUT2D eigenvalue weighted by atomic mass is 127. The smallest absolute Gasteiger partial charge is 0.346 e. The number of carbonyl (C=O) groups is 1. The van der Waals surface area contributed by atoms with E-state index in [0.717, 1.165) is 3.57 Å². The van der Waals surface area contributed by atoms with E-state index in [2.05, 4.69) is 0 Å². The number of carbonyl (C=O) groups excluding carboxylic acids is 1. The van der Waals surface area contributed by atoms with Crippen molar-refractivity contribution in [2.24, 2.45) is 0 Å². The molecule has 0 amide bonds. The van der Waals surface area contributed by atoms with Crippen LogP contribution in [0.15, 0.2) is 12.1 Å². The first-order chi connectivity index (χ1) is 10.7. The first-order valence-electron chi connectivity index (χ1n) is 5.71. The monoisotopic (exact) mass is 656 g/mol. The van der Waals surface area contributed by atoms with Crippen molar-refractivity contribution >= 4 is 73.7 Å². The van der Waals surface area contributed by atoms with Crippen LogP contribution in [0.25, 0.3) is 0 Å². The van der Waals surface area contributed by atoms with Gasteiger partial charge in [0.15, 0.2) is 0 Å². The van der Waals surface area contributed by atoms with Gasteiger partial charge in [-0.05, 0) is 79.9 Å². The Kier molecular flexibility index (Phi) is 5.55. The maximum absolute atomic E-state index is 12.3.